The van der Waals surface area contributed by atoms with Crippen LogP contribution in [-0.4, -0.2) is 23.7 Å². The molecule has 0 bridgehead atoms. The molecule has 0 unspecified atom stereocenters. The van der Waals surface area contributed by atoms with E-state index < -0.39 is 0 Å². The van der Waals surface area contributed by atoms with Gasteiger partial charge >= 0.3 is 0 Å². The molecule has 0 aliphatic heterocycles. The van der Waals surface area contributed by atoms with Gasteiger partial charge < -0.3 is 14.2 Å². The summed E-state index contributed by atoms with van der Waals surface area (Å²) >= 11 is 0. The van der Waals surface area contributed by atoms with Gasteiger partial charge in [0.1, 0.15) is 12.5 Å². The van der Waals surface area contributed by atoms with Crippen LogP contribution in [0.2, 0.25) is 0 Å². The van der Waals surface area contributed by atoms with Gasteiger partial charge in [0, 0.05) is 38.0 Å². The molecule has 126 valence electrons. The number of hydrogen-bond donors (Lipinski definition) is 0. The van der Waals surface area contributed by atoms with Crippen molar-refractivity contribution >= 4 is 16.7 Å². The lowest BCUT2D eigenvalue weighted by atomic mass is 10.2. The number of rotatable bonds is 5. The molecular formula is C19H22FN3O. The van der Waals surface area contributed by atoms with Crippen molar-refractivity contribution in [2.75, 3.05) is 19.1 Å². The summed E-state index contributed by atoms with van der Waals surface area (Å²) in [6.07, 6.45) is 1.84. The molecule has 2 aromatic heterocycles. The standard InChI is InChI=1S/C19H22FN3O/c1-13-14(2)23(12-24-4)18-17(13)9-10-21-19(18)22(3)11-15-5-7-16(20)8-6-15/h5-10H,11-12H2,1-4H3. The lowest BCUT2D eigenvalue weighted by Gasteiger charge is -2.20. The summed E-state index contributed by atoms with van der Waals surface area (Å²) in [5.41, 5.74) is 4.52. The molecule has 0 N–H and O–H groups in total. The first-order chi connectivity index (χ1) is 11.5. The van der Waals surface area contributed by atoms with Crippen LogP contribution >= 0.6 is 0 Å². The van der Waals surface area contributed by atoms with Crippen LogP contribution in [0.5, 0.6) is 0 Å². The Balaban J connectivity index is 2.05. The number of ether oxygens (including phenoxy) is 1. The minimum Gasteiger partial charge on any atom is -0.364 e. The maximum atomic E-state index is 13.1. The molecule has 0 spiro atoms. The van der Waals surface area contributed by atoms with Crippen molar-refractivity contribution in [1.82, 2.24) is 9.55 Å². The highest BCUT2D eigenvalue weighted by molar-refractivity contribution is 5.93. The third-order valence-corrected chi connectivity index (χ3v) is 4.48. The van der Waals surface area contributed by atoms with Gasteiger partial charge in [-0.05, 0) is 43.2 Å². The third kappa shape index (κ3) is 2.87. The van der Waals surface area contributed by atoms with Gasteiger partial charge in [0.05, 0.1) is 5.52 Å². The highest BCUT2D eigenvalue weighted by atomic mass is 19.1. The zero-order valence-electron chi connectivity index (χ0n) is 14.5. The zero-order valence-corrected chi connectivity index (χ0v) is 14.5. The number of nitrogens with zero attached hydrogens (tertiary/aromatic N) is 3. The first kappa shape index (κ1) is 16.5. The van der Waals surface area contributed by atoms with E-state index in [-0.39, 0.29) is 5.82 Å². The van der Waals surface area contributed by atoms with Crippen LogP contribution in [-0.2, 0) is 18.0 Å². The molecule has 4 nitrogen and oxygen atoms in total. The van der Waals surface area contributed by atoms with E-state index in [9.17, 15) is 4.39 Å². The van der Waals surface area contributed by atoms with Crippen LogP contribution in [0.25, 0.3) is 10.9 Å². The fourth-order valence-corrected chi connectivity index (χ4v) is 3.09. The predicted molar refractivity (Wildman–Crippen MR) is 94.7 cm³/mol. The van der Waals surface area contributed by atoms with E-state index in [1.165, 1.54) is 28.8 Å². The number of fused-ring (bicyclic) bond motifs is 1. The molecule has 5 heteroatoms. The fourth-order valence-electron chi connectivity index (χ4n) is 3.09. The summed E-state index contributed by atoms with van der Waals surface area (Å²) in [5.74, 6) is 0.673. The van der Waals surface area contributed by atoms with Crippen molar-refractivity contribution in [3.63, 3.8) is 0 Å². The van der Waals surface area contributed by atoms with Crippen LogP contribution in [0.3, 0.4) is 0 Å². The van der Waals surface area contributed by atoms with Crippen LogP contribution in [0.15, 0.2) is 36.5 Å². The van der Waals surface area contributed by atoms with Crippen LogP contribution < -0.4 is 4.90 Å². The molecule has 0 amide bonds. The smallest absolute Gasteiger partial charge is 0.153 e. The van der Waals surface area contributed by atoms with E-state index in [4.69, 9.17) is 4.74 Å². The van der Waals surface area contributed by atoms with E-state index >= 15 is 0 Å². The Morgan fingerprint density at radius 1 is 1.17 bits per heavy atom. The first-order valence-electron chi connectivity index (χ1n) is 7.92. The number of aromatic nitrogens is 2. The number of benzene rings is 1. The maximum absolute atomic E-state index is 13.1. The highest BCUT2D eigenvalue weighted by Crippen LogP contribution is 2.31. The SMILES string of the molecule is COCn1c(C)c(C)c2ccnc(N(C)Cc3ccc(F)cc3)c21. The van der Waals surface area contributed by atoms with Gasteiger partial charge in [-0.3, -0.25) is 0 Å². The normalized spacial score (nSPS) is 11.2. The summed E-state index contributed by atoms with van der Waals surface area (Å²) in [7, 11) is 3.69. The Hall–Kier alpha value is -2.40. The van der Waals surface area contributed by atoms with Crippen molar-refractivity contribution in [3.05, 3.63) is 59.2 Å². The molecule has 0 aliphatic carbocycles. The van der Waals surface area contributed by atoms with Gasteiger partial charge in [0.25, 0.3) is 0 Å². The van der Waals surface area contributed by atoms with Gasteiger partial charge in [-0.15, -0.1) is 0 Å². The van der Waals surface area contributed by atoms with E-state index in [0.29, 0.717) is 13.3 Å². The first-order valence-corrected chi connectivity index (χ1v) is 7.92. The molecule has 0 radical (unpaired) electrons. The summed E-state index contributed by atoms with van der Waals surface area (Å²) in [4.78, 5) is 6.68. The number of methoxy groups -OCH3 is 1. The minimum absolute atomic E-state index is 0.221. The molecule has 0 saturated carbocycles. The van der Waals surface area contributed by atoms with Crippen LogP contribution in [0, 0.1) is 19.7 Å². The van der Waals surface area contributed by atoms with Gasteiger partial charge in [-0.2, -0.15) is 0 Å². The third-order valence-electron chi connectivity index (χ3n) is 4.48. The van der Waals surface area contributed by atoms with Crippen LogP contribution in [0.4, 0.5) is 10.2 Å². The molecule has 2 heterocycles. The van der Waals surface area contributed by atoms with Gasteiger partial charge in [0.15, 0.2) is 5.82 Å². The lowest BCUT2D eigenvalue weighted by molar-refractivity contribution is 0.133. The molecule has 0 saturated heterocycles. The molecule has 24 heavy (non-hydrogen) atoms. The maximum Gasteiger partial charge on any atom is 0.153 e. The van der Waals surface area contributed by atoms with Gasteiger partial charge in [-0.25, -0.2) is 9.37 Å². The number of halogens is 1. The second-order valence-corrected chi connectivity index (χ2v) is 6.07. The molecule has 3 aromatic rings. The van der Waals surface area contributed by atoms with Crippen molar-refractivity contribution in [2.45, 2.75) is 27.1 Å². The van der Waals surface area contributed by atoms with E-state index in [1.54, 1.807) is 19.2 Å². The Morgan fingerprint density at radius 2 is 1.88 bits per heavy atom. The molecular weight excluding hydrogens is 305 g/mol. The Kier molecular flexibility index (Phi) is 4.53. The Morgan fingerprint density at radius 3 is 2.54 bits per heavy atom. The summed E-state index contributed by atoms with van der Waals surface area (Å²) in [5, 5.41) is 1.18. The molecule has 3 rings (SSSR count). The van der Waals surface area contributed by atoms with Crippen LogP contribution in [0.1, 0.15) is 16.8 Å². The molecule has 0 aliphatic rings. The lowest BCUT2D eigenvalue weighted by Crippen LogP contribution is -2.19. The zero-order chi connectivity index (χ0) is 17.3. The summed E-state index contributed by atoms with van der Waals surface area (Å²) in [6, 6.07) is 8.62. The number of aryl methyl sites for hydroxylation is 1. The van der Waals surface area contributed by atoms with Gasteiger partial charge in [-0.1, -0.05) is 12.1 Å². The van der Waals surface area contributed by atoms with Crippen molar-refractivity contribution < 1.29 is 9.13 Å². The Bertz CT molecular complexity index is 855. The van der Waals surface area contributed by atoms with E-state index in [2.05, 4.69) is 28.3 Å². The molecule has 0 fully saturated rings. The number of anilines is 1. The topological polar surface area (TPSA) is 30.3 Å². The molecule has 0 atom stereocenters. The quantitative estimate of drug-likeness (QED) is 0.709. The second-order valence-electron chi connectivity index (χ2n) is 6.07. The number of hydrogen-bond acceptors (Lipinski definition) is 3. The van der Waals surface area contributed by atoms with E-state index in [0.717, 1.165) is 16.9 Å². The number of pyridine rings is 1. The fraction of sp³-hybridized carbons (Fsp3) is 0.316. The summed E-state index contributed by atoms with van der Waals surface area (Å²) in [6.45, 7) is 5.35. The van der Waals surface area contributed by atoms with Crippen molar-refractivity contribution in [2.24, 2.45) is 0 Å². The minimum atomic E-state index is -0.221. The average molecular weight is 327 g/mol. The van der Waals surface area contributed by atoms with Gasteiger partial charge in [0.2, 0.25) is 0 Å². The summed E-state index contributed by atoms with van der Waals surface area (Å²) < 4.78 is 20.6. The monoisotopic (exact) mass is 327 g/mol. The second kappa shape index (κ2) is 6.61. The van der Waals surface area contributed by atoms with Crippen molar-refractivity contribution in [3.8, 4) is 0 Å². The van der Waals surface area contributed by atoms with Crippen molar-refractivity contribution in [1.29, 1.82) is 0 Å². The molecule has 1 aromatic carbocycles. The largest absolute Gasteiger partial charge is 0.364 e. The predicted octanol–water partition coefficient (Wildman–Crippen LogP) is 4.03. The highest BCUT2D eigenvalue weighted by Gasteiger charge is 2.17. The average Bonchev–Trinajstić information content (AvgIpc) is 2.82. The van der Waals surface area contributed by atoms with E-state index in [1.807, 2.05) is 19.3 Å². The Labute approximate surface area is 141 Å².